The van der Waals surface area contributed by atoms with Crippen LogP contribution in [0.4, 0.5) is 0 Å². The average molecular weight is 210 g/mol. The topological polar surface area (TPSA) is 29.3 Å². The van der Waals surface area contributed by atoms with Gasteiger partial charge < -0.3 is 10.6 Å². The summed E-state index contributed by atoms with van der Waals surface area (Å²) in [4.78, 5) is 2.68. The van der Waals surface area contributed by atoms with Gasteiger partial charge >= 0.3 is 0 Å². The first-order valence-corrected chi connectivity index (χ1v) is 6.59. The third-order valence-electron chi connectivity index (χ3n) is 4.45. The lowest BCUT2D eigenvalue weighted by molar-refractivity contribution is 0.0916. The van der Waals surface area contributed by atoms with Crippen molar-refractivity contribution in [1.82, 2.24) is 4.90 Å². The number of nitrogens with zero attached hydrogens (tertiary/aromatic N) is 1. The second-order valence-corrected chi connectivity index (χ2v) is 6.12. The quantitative estimate of drug-likeness (QED) is 0.758. The Kier molecular flexibility index (Phi) is 3.36. The molecule has 1 aliphatic heterocycles. The van der Waals surface area contributed by atoms with Crippen LogP contribution in [0.3, 0.4) is 0 Å². The molecular formula is C13H26N2. The smallest absolute Gasteiger partial charge is 0.00819 e. The highest BCUT2D eigenvalue weighted by Crippen LogP contribution is 2.39. The lowest BCUT2D eigenvalue weighted by atomic mass is 9.86. The van der Waals surface area contributed by atoms with E-state index in [2.05, 4.69) is 18.7 Å². The van der Waals surface area contributed by atoms with Crippen LogP contribution < -0.4 is 5.73 Å². The van der Waals surface area contributed by atoms with Gasteiger partial charge in [0.1, 0.15) is 0 Å². The zero-order chi connectivity index (χ0) is 10.9. The molecule has 2 heteroatoms. The molecule has 0 spiro atoms. The summed E-state index contributed by atoms with van der Waals surface area (Å²) < 4.78 is 0. The Labute approximate surface area is 94.2 Å². The number of piperidine rings is 1. The van der Waals surface area contributed by atoms with E-state index in [9.17, 15) is 0 Å². The summed E-state index contributed by atoms with van der Waals surface area (Å²) in [7, 11) is 0. The van der Waals surface area contributed by atoms with Crippen molar-refractivity contribution in [2.45, 2.75) is 64.5 Å². The van der Waals surface area contributed by atoms with Crippen LogP contribution >= 0.6 is 0 Å². The maximum absolute atomic E-state index is 6.00. The molecule has 0 bridgehead atoms. The van der Waals surface area contributed by atoms with Gasteiger partial charge in [0.05, 0.1) is 0 Å². The largest absolute Gasteiger partial charge is 0.328 e. The molecule has 88 valence electrons. The minimum Gasteiger partial charge on any atom is -0.328 e. The molecule has 0 amide bonds. The Morgan fingerprint density at radius 2 is 2.00 bits per heavy atom. The van der Waals surface area contributed by atoms with E-state index in [1.54, 1.807) is 0 Å². The Bertz CT molecular complexity index is 209. The normalized spacial score (nSPS) is 37.0. The van der Waals surface area contributed by atoms with Crippen molar-refractivity contribution in [2.75, 3.05) is 13.1 Å². The van der Waals surface area contributed by atoms with Crippen LogP contribution in [0.15, 0.2) is 0 Å². The van der Waals surface area contributed by atoms with Crippen molar-refractivity contribution < 1.29 is 0 Å². The summed E-state index contributed by atoms with van der Waals surface area (Å²) in [6.07, 6.45) is 8.14. The van der Waals surface area contributed by atoms with Gasteiger partial charge in [0.25, 0.3) is 0 Å². The molecule has 0 aromatic carbocycles. The highest BCUT2D eigenvalue weighted by Gasteiger charge is 2.33. The molecule has 0 radical (unpaired) electrons. The second kappa shape index (κ2) is 4.42. The Hall–Kier alpha value is -0.0800. The number of hydrogen-bond acceptors (Lipinski definition) is 2. The van der Waals surface area contributed by atoms with Gasteiger partial charge in [-0.25, -0.2) is 0 Å². The van der Waals surface area contributed by atoms with E-state index in [1.807, 2.05) is 0 Å². The number of rotatable bonds is 2. The van der Waals surface area contributed by atoms with Gasteiger partial charge in [-0.3, -0.25) is 0 Å². The SMILES string of the molecule is CC1CC(N)CCN1CC1(C)CCCC1. The van der Waals surface area contributed by atoms with E-state index in [-0.39, 0.29) is 0 Å². The first-order chi connectivity index (χ1) is 7.09. The zero-order valence-electron chi connectivity index (χ0n) is 10.3. The molecule has 1 saturated heterocycles. The lowest BCUT2D eigenvalue weighted by Crippen LogP contribution is -2.48. The van der Waals surface area contributed by atoms with E-state index in [4.69, 9.17) is 5.73 Å². The van der Waals surface area contributed by atoms with Crippen LogP contribution in [-0.2, 0) is 0 Å². The highest BCUT2D eigenvalue weighted by atomic mass is 15.2. The molecule has 2 atom stereocenters. The maximum Gasteiger partial charge on any atom is 0.00819 e. The van der Waals surface area contributed by atoms with E-state index in [0.29, 0.717) is 17.5 Å². The van der Waals surface area contributed by atoms with Gasteiger partial charge in [-0.05, 0) is 44.6 Å². The second-order valence-electron chi connectivity index (χ2n) is 6.12. The van der Waals surface area contributed by atoms with E-state index >= 15 is 0 Å². The van der Waals surface area contributed by atoms with Crippen molar-refractivity contribution >= 4 is 0 Å². The highest BCUT2D eigenvalue weighted by molar-refractivity contribution is 4.88. The summed E-state index contributed by atoms with van der Waals surface area (Å²) in [5.41, 5.74) is 6.61. The van der Waals surface area contributed by atoms with Crippen LogP contribution in [0.2, 0.25) is 0 Å². The van der Waals surface area contributed by atoms with Crippen LogP contribution in [0.1, 0.15) is 52.4 Å². The molecule has 2 aliphatic rings. The Morgan fingerprint density at radius 1 is 1.33 bits per heavy atom. The van der Waals surface area contributed by atoms with E-state index in [1.165, 1.54) is 51.6 Å². The van der Waals surface area contributed by atoms with Crippen molar-refractivity contribution in [2.24, 2.45) is 11.1 Å². The summed E-state index contributed by atoms with van der Waals surface area (Å²) in [6.45, 7) is 7.34. The molecule has 1 aliphatic carbocycles. The summed E-state index contributed by atoms with van der Waals surface area (Å²) in [6, 6.07) is 1.15. The molecule has 1 saturated carbocycles. The third kappa shape index (κ3) is 2.73. The molecule has 2 rings (SSSR count). The molecular weight excluding hydrogens is 184 g/mol. The predicted octanol–water partition coefficient (Wildman–Crippen LogP) is 2.38. The summed E-state index contributed by atoms with van der Waals surface area (Å²) >= 11 is 0. The first kappa shape index (κ1) is 11.4. The van der Waals surface area contributed by atoms with Gasteiger partial charge in [-0.15, -0.1) is 0 Å². The lowest BCUT2D eigenvalue weighted by Gasteiger charge is -2.41. The number of nitrogens with two attached hydrogens (primary N) is 1. The molecule has 2 N–H and O–H groups in total. The monoisotopic (exact) mass is 210 g/mol. The average Bonchev–Trinajstić information content (AvgIpc) is 2.58. The zero-order valence-corrected chi connectivity index (χ0v) is 10.3. The minimum atomic E-state index is 0.452. The minimum absolute atomic E-state index is 0.452. The third-order valence-corrected chi connectivity index (χ3v) is 4.45. The van der Waals surface area contributed by atoms with Crippen LogP contribution in [0, 0.1) is 5.41 Å². The molecule has 2 fully saturated rings. The van der Waals surface area contributed by atoms with Crippen LogP contribution in [0.5, 0.6) is 0 Å². The summed E-state index contributed by atoms with van der Waals surface area (Å²) in [5.74, 6) is 0. The molecule has 2 nitrogen and oxygen atoms in total. The Balaban J connectivity index is 1.88. The number of likely N-dealkylation sites (tertiary alicyclic amines) is 1. The van der Waals surface area contributed by atoms with E-state index < -0.39 is 0 Å². The standard InChI is InChI=1S/C13H26N2/c1-11-9-12(14)5-8-15(11)10-13(2)6-3-4-7-13/h11-12H,3-10,14H2,1-2H3. The van der Waals surface area contributed by atoms with Crippen molar-refractivity contribution in [3.8, 4) is 0 Å². The number of hydrogen-bond donors (Lipinski definition) is 1. The molecule has 0 aromatic rings. The van der Waals surface area contributed by atoms with Gasteiger partial charge in [-0.1, -0.05) is 19.8 Å². The van der Waals surface area contributed by atoms with Gasteiger partial charge in [-0.2, -0.15) is 0 Å². The van der Waals surface area contributed by atoms with Gasteiger partial charge in [0.15, 0.2) is 0 Å². The van der Waals surface area contributed by atoms with Crippen molar-refractivity contribution in [1.29, 1.82) is 0 Å². The van der Waals surface area contributed by atoms with Crippen molar-refractivity contribution in [3.05, 3.63) is 0 Å². The fraction of sp³-hybridized carbons (Fsp3) is 1.00. The molecule has 1 heterocycles. The molecule has 2 unspecified atom stereocenters. The predicted molar refractivity (Wildman–Crippen MR) is 64.8 cm³/mol. The van der Waals surface area contributed by atoms with Gasteiger partial charge in [0, 0.05) is 18.6 Å². The fourth-order valence-electron chi connectivity index (χ4n) is 3.37. The first-order valence-electron chi connectivity index (χ1n) is 6.59. The van der Waals surface area contributed by atoms with Crippen molar-refractivity contribution in [3.63, 3.8) is 0 Å². The fourth-order valence-corrected chi connectivity index (χ4v) is 3.37. The Morgan fingerprint density at radius 3 is 2.60 bits per heavy atom. The maximum atomic E-state index is 6.00. The van der Waals surface area contributed by atoms with Gasteiger partial charge in [0.2, 0.25) is 0 Å². The molecule has 0 aromatic heterocycles. The van der Waals surface area contributed by atoms with Crippen LogP contribution in [-0.4, -0.2) is 30.1 Å². The summed E-state index contributed by atoms with van der Waals surface area (Å²) in [5, 5.41) is 0. The van der Waals surface area contributed by atoms with Crippen LogP contribution in [0.25, 0.3) is 0 Å². The molecule has 15 heavy (non-hydrogen) atoms. The van der Waals surface area contributed by atoms with E-state index in [0.717, 1.165) is 0 Å².